The third-order valence-electron chi connectivity index (χ3n) is 3.92. The predicted molar refractivity (Wildman–Crippen MR) is 102 cm³/mol. The molecule has 0 bridgehead atoms. The van der Waals surface area contributed by atoms with Crippen LogP contribution in [-0.2, 0) is 4.79 Å². The van der Waals surface area contributed by atoms with Crippen molar-refractivity contribution < 1.29 is 9.59 Å². The summed E-state index contributed by atoms with van der Waals surface area (Å²) in [6, 6.07) is 16.0. The highest BCUT2D eigenvalue weighted by Crippen LogP contribution is 2.21. The van der Waals surface area contributed by atoms with Gasteiger partial charge in [-0.25, -0.2) is 4.79 Å². The normalized spacial score (nSPS) is 12.9. The monoisotopic (exact) mass is 403 g/mol. The largest absolute Gasteiger partial charge is 0.352 e. The summed E-state index contributed by atoms with van der Waals surface area (Å²) in [5, 5.41) is 5.67. The van der Waals surface area contributed by atoms with Crippen LogP contribution in [-0.4, -0.2) is 11.9 Å². The van der Waals surface area contributed by atoms with Crippen molar-refractivity contribution in [2.75, 3.05) is 0 Å². The maximum Gasteiger partial charge on any atom is 0.312 e. The van der Waals surface area contributed by atoms with Crippen molar-refractivity contribution in [2.24, 2.45) is 5.73 Å². The first-order chi connectivity index (χ1) is 12.0. The third-order valence-corrected chi connectivity index (χ3v) is 4.45. The summed E-state index contributed by atoms with van der Waals surface area (Å²) in [7, 11) is 0. The smallest absolute Gasteiger partial charge is 0.312 e. The van der Waals surface area contributed by atoms with E-state index >= 15 is 0 Å². The maximum absolute atomic E-state index is 12.5. The van der Waals surface area contributed by atoms with Gasteiger partial charge < -0.3 is 16.4 Å². The lowest BCUT2D eigenvalue weighted by Crippen LogP contribution is -2.37. The van der Waals surface area contributed by atoms with Crippen LogP contribution in [0.15, 0.2) is 59.1 Å². The maximum atomic E-state index is 12.5. The number of primary amides is 1. The number of halogens is 1. The van der Waals surface area contributed by atoms with E-state index in [0.717, 1.165) is 22.0 Å². The van der Waals surface area contributed by atoms with E-state index in [1.54, 1.807) is 0 Å². The second-order valence-corrected chi connectivity index (χ2v) is 6.67. The Hall–Kier alpha value is -2.34. The number of hydrogen-bond acceptors (Lipinski definition) is 2. The van der Waals surface area contributed by atoms with E-state index in [9.17, 15) is 9.59 Å². The number of rotatable bonds is 7. The molecule has 2 aromatic carbocycles. The van der Waals surface area contributed by atoms with Gasteiger partial charge in [-0.1, -0.05) is 65.3 Å². The second-order valence-electron chi connectivity index (χ2n) is 5.76. The summed E-state index contributed by atoms with van der Waals surface area (Å²) < 4.78 is 0.993. The van der Waals surface area contributed by atoms with Crippen molar-refractivity contribution in [1.29, 1.82) is 0 Å². The summed E-state index contributed by atoms with van der Waals surface area (Å²) in [5.74, 6) is -0.141. The second kappa shape index (κ2) is 9.22. The summed E-state index contributed by atoms with van der Waals surface area (Å²) in [6.45, 7) is 2.02. The van der Waals surface area contributed by atoms with Crippen LogP contribution in [0.25, 0.3) is 0 Å². The number of hydrogen-bond donors (Lipinski definition) is 3. The molecule has 132 valence electrons. The highest BCUT2D eigenvalue weighted by atomic mass is 79.9. The van der Waals surface area contributed by atoms with Crippen LogP contribution in [0.5, 0.6) is 0 Å². The molecule has 0 unspecified atom stereocenters. The van der Waals surface area contributed by atoms with Crippen LogP contribution in [0.3, 0.4) is 0 Å². The minimum Gasteiger partial charge on any atom is -0.352 e. The molecule has 0 spiro atoms. The number of nitrogens with two attached hydrogens (primary N) is 1. The number of amides is 3. The minimum absolute atomic E-state index is 0.0781. The Labute approximate surface area is 156 Å². The Morgan fingerprint density at radius 2 is 1.56 bits per heavy atom. The van der Waals surface area contributed by atoms with Crippen molar-refractivity contribution in [2.45, 2.75) is 31.8 Å². The molecule has 4 N–H and O–H groups in total. The van der Waals surface area contributed by atoms with Crippen molar-refractivity contribution in [1.82, 2.24) is 10.6 Å². The van der Waals surface area contributed by atoms with Gasteiger partial charge in [0.1, 0.15) is 0 Å². The van der Waals surface area contributed by atoms with E-state index in [1.165, 1.54) is 0 Å². The molecule has 25 heavy (non-hydrogen) atoms. The zero-order valence-corrected chi connectivity index (χ0v) is 15.6. The van der Waals surface area contributed by atoms with E-state index in [1.807, 2.05) is 61.5 Å². The molecular weight excluding hydrogens is 382 g/mol. The van der Waals surface area contributed by atoms with Gasteiger partial charge in [0.2, 0.25) is 5.91 Å². The van der Waals surface area contributed by atoms with Gasteiger partial charge >= 0.3 is 6.03 Å². The fourth-order valence-electron chi connectivity index (χ4n) is 2.66. The molecule has 0 saturated carbocycles. The Balaban J connectivity index is 2.06. The van der Waals surface area contributed by atoms with Gasteiger partial charge in [0, 0.05) is 4.47 Å². The lowest BCUT2D eigenvalue weighted by Gasteiger charge is -2.21. The van der Waals surface area contributed by atoms with Crippen molar-refractivity contribution >= 4 is 27.9 Å². The van der Waals surface area contributed by atoms with Crippen LogP contribution >= 0.6 is 15.9 Å². The van der Waals surface area contributed by atoms with Gasteiger partial charge in [0.25, 0.3) is 0 Å². The first-order valence-electron chi connectivity index (χ1n) is 8.15. The standard InChI is InChI=1S/C19H22BrN3O2/c1-2-16(14-8-10-15(20)11-9-14)22-18(24)12-17(23-19(21)25)13-6-4-3-5-7-13/h3-11,16-17H,2,12H2,1H3,(H,22,24)(H3,21,23,25)/t16-,17-/m1/s1. The highest BCUT2D eigenvalue weighted by Gasteiger charge is 2.19. The topological polar surface area (TPSA) is 84.2 Å². The van der Waals surface area contributed by atoms with E-state index in [-0.39, 0.29) is 18.4 Å². The number of carbonyl (C=O) groups excluding carboxylic acids is 2. The molecule has 2 atom stereocenters. The molecule has 0 heterocycles. The molecule has 6 heteroatoms. The van der Waals surface area contributed by atoms with Gasteiger partial charge in [-0.15, -0.1) is 0 Å². The molecular formula is C19H22BrN3O2. The number of carbonyl (C=O) groups is 2. The Bertz CT molecular complexity index is 704. The van der Waals surface area contributed by atoms with E-state index < -0.39 is 12.1 Å². The van der Waals surface area contributed by atoms with E-state index in [4.69, 9.17) is 5.73 Å². The van der Waals surface area contributed by atoms with Crippen molar-refractivity contribution in [3.63, 3.8) is 0 Å². The fourth-order valence-corrected chi connectivity index (χ4v) is 2.93. The molecule has 3 amide bonds. The van der Waals surface area contributed by atoms with Crippen LogP contribution in [0.1, 0.15) is 43.0 Å². The Morgan fingerprint density at radius 3 is 2.12 bits per heavy atom. The third kappa shape index (κ3) is 5.90. The number of nitrogens with one attached hydrogen (secondary N) is 2. The first-order valence-corrected chi connectivity index (χ1v) is 8.94. The zero-order chi connectivity index (χ0) is 18.2. The van der Waals surface area contributed by atoms with Gasteiger partial charge in [-0.2, -0.15) is 0 Å². The molecule has 0 radical (unpaired) electrons. The predicted octanol–water partition coefficient (Wildman–Crippen LogP) is 3.82. The quantitative estimate of drug-likeness (QED) is 0.656. The lowest BCUT2D eigenvalue weighted by atomic mass is 10.0. The van der Waals surface area contributed by atoms with E-state index in [0.29, 0.717) is 0 Å². The van der Waals surface area contributed by atoms with Gasteiger partial charge in [0.15, 0.2) is 0 Å². The average molecular weight is 404 g/mol. The van der Waals surface area contributed by atoms with Gasteiger partial charge in [-0.05, 0) is 29.7 Å². The fraction of sp³-hybridized carbons (Fsp3) is 0.263. The summed E-state index contributed by atoms with van der Waals surface area (Å²) in [4.78, 5) is 23.8. The van der Waals surface area contributed by atoms with E-state index in [2.05, 4.69) is 26.6 Å². The molecule has 0 aromatic heterocycles. The molecule has 0 saturated heterocycles. The summed E-state index contributed by atoms with van der Waals surface area (Å²) in [5.41, 5.74) is 7.13. The van der Waals surface area contributed by atoms with Crippen LogP contribution in [0, 0.1) is 0 Å². The molecule has 2 rings (SSSR count). The molecule has 0 aliphatic heterocycles. The Kier molecular flexibility index (Phi) is 7.01. The summed E-state index contributed by atoms with van der Waals surface area (Å²) in [6.07, 6.45) is 0.895. The van der Waals surface area contributed by atoms with Gasteiger partial charge in [-0.3, -0.25) is 4.79 Å². The molecule has 0 aliphatic carbocycles. The minimum atomic E-state index is -0.651. The molecule has 2 aromatic rings. The van der Waals surface area contributed by atoms with Crippen LogP contribution < -0.4 is 16.4 Å². The average Bonchev–Trinajstić information content (AvgIpc) is 2.60. The van der Waals surface area contributed by atoms with Crippen molar-refractivity contribution in [3.8, 4) is 0 Å². The lowest BCUT2D eigenvalue weighted by molar-refractivity contribution is -0.122. The highest BCUT2D eigenvalue weighted by molar-refractivity contribution is 9.10. The number of benzene rings is 2. The van der Waals surface area contributed by atoms with Crippen LogP contribution in [0.4, 0.5) is 4.79 Å². The molecule has 5 nitrogen and oxygen atoms in total. The van der Waals surface area contributed by atoms with Crippen LogP contribution in [0.2, 0.25) is 0 Å². The number of urea groups is 1. The molecule has 0 fully saturated rings. The Morgan fingerprint density at radius 1 is 0.960 bits per heavy atom. The molecule has 0 aliphatic rings. The van der Waals surface area contributed by atoms with Gasteiger partial charge in [0.05, 0.1) is 18.5 Å². The zero-order valence-electron chi connectivity index (χ0n) is 14.0. The first kappa shape index (κ1) is 19.0. The SMILES string of the molecule is CC[C@@H](NC(=O)C[C@@H](NC(N)=O)c1ccccc1)c1ccc(Br)cc1. The van der Waals surface area contributed by atoms with Crippen molar-refractivity contribution in [3.05, 3.63) is 70.2 Å². The summed E-state index contributed by atoms with van der Waals surface area (Å²) >= 11 is 3.41.